The van der Waals surface area contributed by atoms with E-state index in [9.17, 15) is 14.4 Å². The Kier molecular flexibility index (Phi) is 6.35. The molecule has 22 heavy (non-hydrogen) atoms. The zero-order chi connectivity index (χ0) is 17.4. The Balaban J connectivity index is 2.95. The van der Waals surface area contributed by atoms with Gasteiger partial charge in [-0.25, -0.2) is 0 Å². The lowest BCUT2D eigenvalue weighted by Crippen LogP contribution is -2.44. The predicted octanol–water partition coefficient (Wildman–Crippen LogP) is 0.690. The molecule has 3 atom stereocenters. The van der Waals surface area contributed by atoms with Gasteiger partial charge < -0.3 is 23.7 Å². The van der Waals surface area contributed by atoms with Crippen LogP contribution in [0, 0.1) is 0 Å². The second kappa shape index (κ2) is 8.50. The first-order valence-corrected chi connectivity index (χ1v) is 6.60. The van der Waals surface area contributed by atoms with E-state index in [1.165, 1.54) is 26.8 Å². The van der Waals surface area contributed by atoms with Crippen molar-refractivity contribution in [3.8, 4) is 0 Å². The van der Waals surface area contributed by atoms with Gasteiger partial charge in [-0.2, -0.15) is 0 Å². The van der Waals surface area contributed by atoms with Crippen LogP contribution in [0.15, 0.2) is 11.8 Å². The first kappa shape index (κ1) is 16.4. The quantitative estimate of drug-likeness (QED) is 0.521. The van der Waals surface area contributed by atoms with Gasteiger partial charge in [-0.05, 0) is 6.90 Å². The lowest BCUT2D eigenvalue weighted by atomic mass is 10.1. The van der Waals surface area contributed by atoms with Gasteiger partial charge >= 0.3 is 17.9 Å². The molecule has 0 spiro atoms. The molecular formula is C14H20O8. The monoisotopic (exact) mass is 317 g/mol. The number of rotatable bonds is 6. The Bertz CT molecular complexity index is 475. The van der Waals surface area contributed by atoms with Crippen LogP contribution in [0.25, 0.3) is 0 Å². The van der Waals surface area contributed by atoms with Crippen LogP contribution in [0.5, 0.6) is 0 Å². The Labute approximate surface area is 129 Å². The summed E-state index contributed by atoms with van der Waals surface area (Å²) in [6.45, 7) is 3.51. The van der Waals surface area contributed by atoms with Crippen LogP contribution in [-0.4, -0.2) is 49.6 Å². The molecule has 0 saturated heterocycles. The summed E-state index contributed by atoms with van der Waals surface area (Å²) >= 11 is 0. The predicted molar refractivity (Wildman–Crippen MR) is 72.3 cm³/mol. The van der Waals surface area contributed by atoms with Crippen molar-refractivity contribution >= 4 is 17.9 Å². The maximum absolute atomic E-state index is 11.2. The van der Waals surface area contributed by atoms with E-state index >= 15 is 0 Å². The number of hydrogen-bond donors (Lipinski definition) is 0. The summed E-state index contributed by atoms with van der Waals surface area (Å²) < 4.78 is 32.9. The van der Waals surface area contributed by atoms with Crippen LogP contribution in [0.3, 0.4) is 0 Å². The summed E-state index contributed by atoms with van der Waals surface area (Å²) in [7, 11) is 0. The van der Waals surface area contributed by atoms with Gasteiger partial charge in [0, 0.05) is 34.8 Å². The van der Waals surface area contributed by atoms with Crippen molar-refractivity contribution in [2.75, 3.05) is 13.2 Å². The van der Waals surface area contributed by atoms with Gasteiger partial charge in [-0.3, -0.25) is 14.4 Å². The second-order valence-corrected chi connectivity index (χ2v) is 4.42. The van der Waals surface area contributed by atoms with Gasteiger partial charge in [0.05, 0.1) is 0 Å². The van der Waals surface area contributed by atoms with E-state index in [1.807, 2.05) is 0 Å². The average molecular weight is 317 g/mol. The number of ether oxygens (including phenoxy) is 5. The van der Waals surface area contributed by atoms with E-state index in [0.717, 1.165) is 0 Å². The highest BCUT2D eigenvalue weighted by atomic mass is 16.7. The fourth-order valence-corrected chi connectivity index (χ4v) is 1.76. The summed E-state index contributed by atoms with van der Waals surface area (Å²) in [5.41, 5.74) is 0. The van der Waals surface area contributed by atoms with E-state index in [2.05, 4.69) is 0 Å². The van der Waals surface area contributed by atoms with Gasteiger partial charge in [-0.1, -0.05) is 0 Å². The minimum atomic E-state index is -1.06. The van der Waals surface area contributed by atoms with Crippen molar-refractivity contribution in [2.45, 2.75) is 46.2 Å². The molecule has 8 nitrogen and oxygen atoms in total. The maximum atomic E-state index is 11.2. The molecule has 0 aromatic rings. The smallest absolute Gasteiger partial charge is 0.307 e. The van der Waals surface area contributed by atoms with E-state index in [-0.39, 0.29) is 25.9 Å². The third-order valence-electron chi connectivity index (χ3n) is 2.51. The molecule has 1 heterocycles. The van der Waals surface area contributed by atoms with Crippen LogP contribution in [0.1, 0.15) is 29.0 Å². The average Bonchev–Trinajstić information content (AvgIpc) is 2.43. The van der Waals surface area contributed by atoms with Crippen LogP contribution in [0.4, 0.5) is 0 Å². The molecule has 0 unspecified atom stereocenters. The molecule has 1 aliphatic heterocycles. The summed E-state index contributed by atoms with van der Waals surface area (Å²) in [4.78, 5) is 33.3. The molecule has 0 amide bonds. The number of carbonyl (C=O) groups is 3. The molecule has 1 aliphatic rings. The minimum absolute atomic E-state index is 0.0187. The molecule has 0 aromatic carbocycles. The molecule has 0 saturated carbocycles. The van der Waals surface area contributed by atoms with Gasteiger partial charge in [0.2, 0.25) is 6.29 Å². The molecule has 8 heteroatoms. The fraction of sp³-hybridized carbons (Fsp3) is 0.643. The Morgan fingerprint density at radius 3 is 2.50 bits per heavy atom. The third-order valence-corrected chi connectivity index (χ3v) is 2.51. The largest absolute Gasteiger partial charge is 0.463 e. The molecule has 0 aromatic heterocycles. The molecule has 0 bridgehead atoms. The van der Waals surface area contributed by atoms with Crippen molar-refractivity contribution in [3.05, 3.63) is 11.8 Å². The van der Waals surface area contributed by atoms with Crippen molar-refractivity contribution in [1.29, 1.82) is 0 Å². The lowest BCUT2D eigenvalue weighted by Gasteiger charge is -2.33. The van der Waals surface area contributed by atoms with Crippen molar-refractivity contribution < 1.29 is 39.4 Å². The van der Waals surface area contributed by atoms with Gasteiger partial charge in [0.15, 0.2) is 11.9 Å². The van der Waals surface area contributed by atoms with Crippen LogP contribution in [-0.2, 0) is 38.1 Å². The second-order valence-electron chi connectivity index (χ2n) is 4.42. The summed E-state index contributed by atoms with van der Waals surface area (Å²) in [6, 6.07) is 0. The van der Waals surface area contributed by atoms with Gasteiger partial charge in [-0.15, -0.1) is 0 Å². The number of carbonyl (C=O) groups excluding carboxylic acids is 3. The Morgan fingerprint density at radius 1 is 1.23 bits per heavy atom. The zero-order valence-corrected chi connectivity index (χ0v) is 12.7. The first-order chi connectivity index (χ1) is 10.8. The van der Waals surface area contributed by atoms with E-state index < -0.39 is 36.4 Å². The molecular weight excluding hydrogens is 296 g/mol. The topological polar surface area (TPSA) is 97.4 Å². The SMILES string of the molecule is [2H]CCO[C@H]1O[C@H](COC(C)=O)[C@@H](OC(C)=O)C=C1OC(C)=O. The van der Waals surface area contributed by atoms with E-state index in [0.29, 0.717) is 0 Å². The minimum Gasteiger partial charge on any atom is -0.463 e. The van der Waals surface area contributed by atoms with Crippen LogP contribution >= 0.6 is 0 Å². The van der Waals surface area contributed by atoms with Gasteiger partial charge in [0.25, 0.3) is 0 Å². The lowest BCUT2D eigenvalue weighted by molar-refractivity contribution is -0.213. The summed E-state index contributed by atoms with van der Waals surface area (Å²) in [5.74, 6) is -1.67. The molecule has 124 valence electrons. The van der Waals surface area contributed by atoms with E-state index in [4.69, 9.17) is 25.1 Å². The van der Waals surface area contributed by atoms with Crippen LogP contribution in [0.2, 0.25) is 0 Å². The van der Waals surface area contributed by atoms with Crippen molar-refractivity contribution in [3.63, 3.8) is 0 Å². The molecule has 1 rings (SSSR count). The summed E-state index contributed by atoms with van der Waals surface area (Å²) in [5, 5.41) is 0. The summed E-state index contributed by atoms with van der Waals surface area (Å²) in [6.07, 6.45) is -1.42. The van der Waals surface area contributed by atoms with Crippen molar-refractivity contribution in [2.24, 2.45) is 0 Å². The van der Waals surface area contributed by atoms with Crippen molar-refractivity contribution in [1.82, 2.24) is 0 Å². The molecule has 0 radical (unpaired) electrons. The molecule has 0 N–H and O–H groups in total. The standard InChI is InChI=1S/C14H20O8/c1-5-18-14-12(21-10(4)17)6-11(20-9(3)16)13(22-14)7-19-8(2)15/h6,11,13-14H,5,7H2,1-4H3/t11-,13+,14-/m0/s1/i1D. The number of hydrogen-bond acceptors (Lipinski definition) is 8. The normalized spacial score (nSPS) is 24.8. The molecule has 0 fully saturated rings. The van der Waals surface area contributed by atoms with Gasteiger partial charge in [0.1, 0.15) is 12.7 Å². The van der Waals surface area contributed by atoms with E-state index in [1.54, 1.807) is 0 Å². The highest BCUT2D eigenvalue weighted by molar-refractivity contribution is 5.68. The highest BCUT2D eigenvalue weighted by Gasteiger charge is 2.36. The van der Waals surface area contributed by atoms with Crippen LogP contribution < -0.4 is 0 Å². The maximum Gasteiger partial charge on any atom is 0.307 e. The fourth-order valence-electron chi connectivity index (χ4n) is 1.76. The molecule has 0 aliphatic carbocycles. The zero-order valence-electron chi connectivity index (χ0n) is 13.7. The Morgan fingerprint density at radius 2 is 1.95 bits per heavy atom. The first-order valence-electron chi connectivity index (χ1n) is 7.31. The number of esters is 3. The Hall–Kier alpha value is -1.93. The third kappa shape index (κ3) is 5.82. The highest BCUT2D eigenvalue weighted by Crippen LogP contribution is 2.24.